The van der Waals surface area contributed by atoms with E-state index in [9.17, 15) is 9.59 Å². The highest BCUT2D eigenvalue weighted by atomic mass is 32.2. The summed E-state index contributed by atoms with van der Waals surface area (Å²) in [6.07, 6.45) is 1.58. The van der Waals surface area contributed by atoms with Crippen molar-refractivity contribution < 1.29 is 19.1 Å². The van der Waals surface area contributed by atoms with E-state index in [0.29, 0.717) is 11.6 Å². The molecule has 1 aromatic carbocycles. The normalized spacial score (nSPS) is 10.8. The number of carbonyl (C=O) groups is 2. The number of hydrogen-bond donors (Lipinski definition) is 1. The third kappa shape index (κ3) is 5.13. The molecule has 0 aliphatic heterocycles. The van der Waals surface area contributed by atoms with Gasteiger partial charge >= 0.3 is 5.97 Å². The number of carbonyl (C=O) groups excluding carboxylic acids is 1. The fraction of sp³-hybridized carbons (Fsp3) is 0.353. The Balaban J connectivity index is 1.87. The van der Waals surface area contributed by atoms with Crippen molar-refractivity contribution in [1.82, 2.24) is 9.88 Å². The average Bonchev–Trinajstić information content (AvgIpc) is 3.02. The lowest BCUT2D eigenvalue weighted by Crippen LogP contribution is -2.41. The zero-order valence-corrected chi connectivity index (χ0v) is 14.5. The zero-order chi connectivity index (χ0) is 17.5. The first-order valence-electron chi connectivity index (χ1n) is 7.56. The Kier molecular flexibility index (Phi) is 6.43. The molecule has 0 bridgehead atoms. The molecule has 0 saturated heterocycles. The molecule has 0 saturated carbocycles. The summed E-state index contributed by atoms with van der Waals surface area (Å²) in [7, 11) is 0. The second-order valence-electron chi connectivity index (χ2n) is 5.51. The Labute approximate surface area is 144 Å². The maximum atomic E-state index is 12.1. The average molecular weight is 348 g/mol. The lowest BCUT2D eigenvalue weighted by molar-refractivity contribution is -0.144. The molecule has 0 unspecified atom stereocenters. The summed E-state index contributed by atoms with van der Waals surface area (Å²) in [6.45, 7) is 3.32. The molecule has 24 heavy (non-hydrogen) atoms. The van der Waals surface area contributed by atoms with E-state index < -0.39 is 5.97 Å². The minimum Gasteiger partial charge on any atom is -0.480 e. The molecule has 0 spiro atoms. The summed E-state index contributed by atoms with van der Waals surface area (Å²) in [5, 5.41) is 8.87. The maximum absolute atomic E-state index is 12.1. The number of benzene rings is 1. The van der Waals surface area contributed by atoms with Crippen LogP contribution >= 0.6 is 11.8 Å². The van der Waals surface area contributed by atoms with Crippen LogP contribution in [0.15, 0.2) is 41.0 Å². The topological polar surface area (TPSA) is 83.6 Å². The third-order valence-corrected chi connectivity index (χ3v) is 4.25. The Morgan fingerprint density at radius 1 is 1.29 bits per heavy atom. The SMILES string of the molecule is CC(C)N(CC(=O)O)C(=O)CSCc1coc(-c2ccccc2)n1. The van der Waals surface area contributed by atoms with Crippen molar-refractivity contribution in [3.05, 3.63) is 42.3 Å². The van der Waals surface area contributed by atoms with E-state index in [1.54, 1.807) is 20.1 Å². The van der Waals surface area contributed by atoms with E-state index in [4.69, 9.17) is 9.52 Å². The number of aliphatic carboxylic acids is 1. The summed E-state index contributed by atoms with van der Waals surface area (Å²) in [5.74, 6) is 0.0857. The number of carboxylic acids is 1. The van der Waals surface area contributed by atoms with Crippen molar-refractivity contribution in [2.45, 2.75) is 25.6 Å². The van der Waals surface area contributed by atoms with E-state index in [1.165, 1.54) is 16.7 Å². The van der Waals surface area contributed by atoms with Crippen LogP contribution in [0.4, 0.5) is 0 Å². The van der Waals surface area contributed by atoms with Gasteiger partial charge in [-0.25, -0.2) is 4.98 Å². The van der Waals surface area contributed by atoms with Gasteiger partial charge in [0.15, 0.2) is 0 Å². The lowest BCUT2D eigenvalue weighted by atomic mass is 10.2. The van der Waals surface area contributed by atoms with Gasteiger partial charge in [0.2, 0.25) is 11.8 Å². The Hall–Kier alpha value is -2.28. The van der Waals surface area contributed by atoms with Crippen LogP contribution in [0, 0.1) is 0 Å². The predicted octanol–water partition coefficient (Wildman–Crippen LogP) is 2.90. The second kappa shape index (κ2) is 8.54. The van der Waals surface area contributed by atoms with Gasteiger partial charge in [-0.2, -0.15) is 0 Å². The molecule has 1 amide bonds. The van der Waals surface area contributed by atoms with Gasteiger partial charge < -0.3 is 14.4 Å². The molecule has 2 aromatic rings. The first-order valence-corrected chi connectivity index (χ1v) is 8.71. The van der Waals surface area contributed by atoms with Crippen molar-refractivity contribution in [2.75, 3.05) is 12.3 Å². The highest BCUT2D eigenvalue weighted by Crippen LogP contribution is 2.20. The van der Waals surface area contributed by atoms with Gasteiger partial charge in [-0.1, -0.05) is 18.2 Å². The number of oxazole rings is 1. The molecule has 6 nitrogen and oxygen atoms in total. The number of carboxylic acid groups (broad SMARTS) is 1. The van der Waals surface area contributed by atoms with E-state index in [0.717, 1.165) is 11.3 Å². The smallest absolute Gasteiger partial charge is 0.323 e. The molecule has 2 rings (SSSR count). The summed E-state index contributed by atoms with van der Waals surface area (Å²) in [4.78, 5) is 28.7. The summed E-state index contributed by atoms with van der Waals surface area (Å²) < 4.78 is 5.45. The molecule has 0 aliphatic rings. The van der Waals surface area contributed by atoms with Gasteiger partial charge in [0.25, 0.3) is 0 Å². The molecule has 0 radical (unpaired) electrons. The standard InChI is InChI=1S/C17H20N2O4S/c1-12(2)19(8-16(21)22)15(20)11-24-10-14-9-23-17(18-14)13-6-4-3-5-7-13/h3-7,9,12H,8,10-11H2,1-2H3,(H,21,22). The van der Waals surface area contributed by atoms with E-state index in [-0.39, 0.29) is 24.2 Å². The number of thioether (sulfide) groups is 1. The van der Waals surface area contributed by atoms with Crippen molar-refractivity contribution in [3.8, 4) is 11.5 Å². The highest BCUT2D eigenvalue weighted by molar-refractivity contribution is 7.99. The number of amides is 1. The lowest BCUT2D eigenvalue weighted by Gasteiger charge is -2.24. The van der Waals surface area contributed by atoms with E-state index in [1.807, 2.05) is 30.3 Å². The first kappa shape index (κ1) is 18.1. The van der Waals surface area contributed by atoms with Gasteiger partial charge in [0.1, 0.15) is 12.8 Å². The Morgan fingerprint density at radius 2 is 2.00 bits per heavy atom. The molecule has 1 aromatic heterocycles. The van der Waals surface area contributed by atoms with Crippen LogP contribution in [0.5, 0.6) is 0 Å². The fourth-order valence-electron chi connectivity index (χ4n) is 2.12. The zero-order valence-electron chi connectivity index (χ0n) is 13.6. The Bertz CT molecular complexity index is 685. The molecule has 1 N–H and O–H groups in total. The van der Waals surface area contributed by atoms with Crippen molar-refractivity contribution in [2.24, 2.45) is 0 Å². The van der Waals surface area contributed by atoms with Crippen molar-refractivity contribution >= 4 is 23.6 Å². The fourth-order valence-corrected chi connectivity index (χ4v) is 2.90. The van der Waals surface area contributed by atoms with Gasteiger partial charge in [-0.05, 0) is 26.0 Å². The highest BCUT2D eigenvalue weighted by Gasteiger charge is 2.19. The van der Waals surface area contributed by atoms with E-state index >= 15 is 0 Å². The van der Waals surface area contributed by atoms with Crippen LogP contribution in [0.1, 0.15) is 19.5 Å². The first-order chi connectivity index (χ1) is 11.5. The van der Waals surface area contributed by atoms with Gasteiger partial charge in [-0.15, -0.1) is 11.8 Å². The van der Waals surface area contributed by atoms with Crippen molar-refractivity contribution in [1.29, 1.82) is 0 Å². The molecule has 0 atom stereocenters. The van der Waals surface area contributed by atoms with Crippen LogP contribution in [0.3, 0.4) is 0 Å². The minimum atomic E-state index is -1.01. The summed E-state index contributed by atoms with van der Waals surface area (Å²) in [5.41, 5.74) is 1.65. The molecule has 128 valence electrons. The van der Waals surface area contributed by atoms with Crippen LogP contribution in [0.25, 0.3) is 11.5 Å². The molecule has 0 aliphatic carbocycles. The maximum Gasteiger partial charge on any atom is 0.323 e. The second-order valence-corrected chi connectivity index (χ2v) is 6.50. The van der Waals surface area contributed by atoms with Crippen molar-refractivity contribution in [3.63, 3.8) is 0 Å². The van der Waals surface area contributed by atoms with Gasteiger partial charge in [0, 0.05) is 17.4 Å². The van der Waals surface area contributed by atoms with E-state index in [2.05, 4.69) is 4.98 Å². The minimum absolute atomic E-state index is 0.147. The molecule has 0 fully saturated rings. The third-order valence-electron chi connectivity index (χ3n) is 3.30. The van der Waals surface area contributed by atoms with Crippen LogP contribution in [-0.4, -0.2) is 45.2 Å². The number of aromatic nitrogens is 1. The van der Waals surface area contributed by atoms with Crippen LogP contribution < -0.4 is 0 Å². The molecular weight excluding hydrogens is 328 g/mol. The predicted molar refractivity (Wildman–Crippen MR) is 92.6 cm³/mol. The Morgan fingerprint density at radius 3 is 2.62 bits per heavy atom. The number of rotatable bonds is 8. The summed E-state index contributed by atoms with van der Waals surface area (Å²) in [6, 6.07) is 9.43. The molecule has 7 heteroatoms. The monoisotopic (exact) mass is 348 g/mol. The molecule has 1 heterocycles. The quantitative estimate of drug-likeness (QED) is 0.790. The number of hydrogen-bond acceptors (Lipinski definition) is 5. The number of nitrogens with zero attached hydrogens (tertiary/aromatic N) is 2. The van der Waals surface area contributed by atoms with Crippen LogP contribution in [0.2, 0.25) is 0 Å². The van der Waals surface area contributed by atoms with Gasteiger partial charge in [0.05, 0.1) is 11.4 Å². The van der Waals surface area contributed by atoms with Gasteiger partial charge in [-0.3, -0.25) is 9.59 Å². The molecular formula is C17H20N2O4S. The van der Waals surface area contributed by atoms with Crippen LogP contribution in [-0.2, 0) is 15.3 Å². The summed E-state index contributed by atoms with van der Waals surface area (Å²) >= 11 is 1.39. The largest absolute Gasteiger partial charge is 0.480 e.